The van der Waals surface area contributed by atoms with Gasteiger partial charge >= 0.3 is 0 Å². The van der Waals surface area contributed by atoms with Crippen molar-refractivity contribution in [1.82, 2.24) is 29.7 Å². The van der Waals surface area contributed by atoms with Gasteiger partial charge < -0.3 is 5.32 Å². The lowest BCUT2D eigenvalue weighted by Gasteiger charge is -2.06. The first-order valence-electron chi connectivity index (χ1n) is 7.50. The van der Waals surface area contributed by atoms with Crippen LogP contribution in [0.5, 0.6) is 0 Å². The summed E-state index contributed by atoms with van der Waals surface area (Å²) in [6.45, 7) is 1.93. The summed E-state index contributed by atoms with van der Waals surface area (Å²) in [5.41, 5.74) is -0.506. The van der Waals surface area contributed by atoms with Gasteiger partial charge in [0.25, 0.3) is 18.8 Å². The van der Waals surface area contributed by atoms with Crippen LogP contribution < -0.4 is 5.32 Å². The van der Waals surface area contributed by atoms with Crippen molar-refractivity contribution in [2.75, 3.05) is 0 Å². The van der Waals surface area contributed by atoms with Crippen LogP contribution in [0.1, 0.15) is 46.0 Å². The van der Waals surface area contributed by atoms with E-state index in [-0.39, 0.29) is 17.9 Å². The van der Waals surface area contributed by atoms with Crippen LogP contribution in [0.4, 0.5) is 17.6 Å². The fourth-order valence-corrected chi connectivity index (χ4v) is 2.48. The first kappa shape index (κ1) is 17.8. The molecular weight excluding hydrogens is 356 g/mol. The SMILES string of the molecule is Cc1nn(C)cc1CNC(=O)c1cc2nc(C(F)F)cc(C(F)F)n2n1. The Morgan fingerprint density at radius 3 is 2.50 bits per heavy atom. The number of rotatable bonds is 5. The summed E-state index contributed by atoms with van der Waals surface area (Å²) in [4.78, 5) is 15.8. The van der Waals surface area contributed by atoms with E-state index in [9.17, 15) is 22.4 Å². The minimum absolute atomic E-state index is 0.157. The predicted molar refractivity (Wildman–Crippen MR) is 82.0 cm³/mol. The molecule has 3 heterocycles. The third-order valence-electron chi connectivity index (χ3n) is 3.71. The van der Waals surface area contributed by atoms with E-state index < -0.39 is 30.1 Å². The molecule has 0 spiro atoms. The van der Waals surface area contributed by atoms with Gasteiger partial charge in [0.15, 0.2) is 11.3 Å². The van der Waals surface area contributed by atoms with Crippen molar-refractivity contribution in [2.45, 2.75) is 26.3 Å². The largest absolute Gasteiger partial charge is 0.346 e. The molecular formula is C15H14F4N6O. The van der Waals surface area contributed by atoms with Gasteiger partial charge in [-0.3, -0.25) is 9.48 Å². The smallest absolute Gasteiger partial charge is 0.280 e. The molecule has 0 saturated carbocycles. The maximum Gasteiger partial charge on any atom is 0.280 e. The third-order valence-corrected chi connectivity index (χ3v) is 3.71. The Hall–Kier alpha value is -2.98. The van der Waals surface area contributed by atoms with Gasteiger partial charge in [-0.05, 0) is 13.0 Å². The number of nitrogens with one attached hydrogen (secondary N) is 1. The lowest BCUT2D eigenvalue weighted by molar-refractivity contribution is 0.0944. The lowest BCUT2D eigenvalue weighted by Crippen LogP contribution is -2.23. The van der Waals surface area contributed by atoms with E-state index in [0.29, 0.717) is 10.6 Å². The first-order valence-corrected chi connectivity index (χ1v) is 7.50. The summed E-state index contributed by atoms with van der Waals surface area (Å²) >= 11 is 0. The molecule has 11 heteroatoms. The maximum atomic E-state index is 13.1. The summed E-state index contributed by atoms with van der Waals surface area (Å²) in [5.74, 6) is -0.641. The third kappa shape index (κ3) is 3.37. The van der Waals surface area contributed by atoms with Crippen LogP contribution in [0.15, 0.2) is 18.3 Å². The zero-order chi connectivity index (χ0) is 19.0. The number of hydrogen-bond donors (Lipinski definition) is 1. The number of amides is 1. The highest BCUT2D eigenvalue weighted by Gasteiger charge is 2.22. The molecule has 7 nitrogen and oxygen atoms in total. The topological polar surface area (TPSA) is 77.1 Å². The molecule has 0 aliphatic heterocycles. The Morgan fingerprint density at radius 1 is 1.19 bits per heavy atom. The number of fused-ring (bicyclic) bond motifs is 1. The van der Waals surface area contributed by atoms with Crippen molar-refractivity contribution in [3.05, 3.63) is 46.7 Å². The summed E-state index contributed by atoms with van der Waals surface area (Å²) in [5, 5.41) is 10.5. The molecule has 0 unspecified atom stereocenters. The van der Waals surface area contributed by atoms with Gasteiger partial charge in [0.05, 0.1) is 5.69 Å². The van der Waals surface area contributed by atoms with Gasteiger partial charge in [0.1, 0.15) is 11.4 Å². The van der Waals surface area contributed by atoms with E-state index in [0.717, 1.165) is 17.3 Å². The average Bonchev–Trinajstić information content (AvgIpc) is 3.13. The number of aryl methyl sites for hydroxylation is 2. The average molecular weight is 370 g/mol. The van der Waals surface area contributed by atoms with Crippen molar-refractivity contribution >= 4 is 11.6 Å². The molecule has 138 valence electrons. The van der Waals surface area contributed by atoms with E-state index in [4.69, 9.17) is 0 Å². The van der Waals surface area contributed by atoms with Crippen LogP contribution >= 0.6 is 0 Å². The standard InChI is InChI=1S/C15H14F4N6O/c1-7-8(6-24(2)22-7)5-20-15(26)10-4-12-21-9(13(16)17)3-11(14(18)19)25(12)23-10/h3-4,6,13-14H,5H2,1-2H3,(H,20,26). The zero-order valence-corrected chi connectivity index (χ0v) is 13.8. The quantitative estimate of drug-likeness (QED) is 0.701. The van der Waals surface area contributed by atoms with E-state index in [1.807, 2.05) is 0 Å². The number of hydrogen-bond acceptors (Lipinski definition) is 4. The van der Waals surface area contributed by atoms with Crippen LogP contribution in [0.3, 0.4) is 0 Å². The first-order chi connectivity index (χ1) is 12.3. The van der Waals surface area contributed by atoms with Crippen molar-refractivity contribution in [3.63, 3.8) is 0 Å². The normalized spacial score (nSPS) is 11.7. The van der Waals surface area contributed by atoms with Crippen LogP contribution in [0, 0.1) is 6.92 Å². The summed E-state index contributed by atoms with van der Waals surface area (Å²) in [7, 11) is 1.73. The molecule has 3 rings (SSSR count). The van der Waals surface area contributed by atoms with E-state index >= 15 is 0 Å². The number of nitrogens with zero attached hydrogens (tertiary/aromatic N) is 5. The number of carbonyl (C=O) groups is 1. The molecule has 0 atom stereocenters. The van der Waals surface area contributed by atoms with Crippen molar-refractivity contribution < 1.29 is 22.4 Å². The van der Waals surface area contributed by atoms with Crippen molar-refractivity contribution in [3.8, 4) is 0 Å². The second kappa shape index (κ2) is 6.73. The molecule has 0 aliphatic carbocycles. The zero-order valence-electron chi connectivity index (χ0n) is 13.8. The van der Waals surface area contributed by atoms with Crippen LogP contribution in [0.2, 0.25) is 0 Å². The Labute approximate surface area is 144 Å². The summed E-state index contributed by atoms with van der Waals surface area (Å²) in [6, 6.07) is 1.67. The molecule has 0 bridgehead atoms. The predicted octanol–water partition coefficient (Wildman–Crippen LogP) is 2.58. The van der Waals surface area contributed by atoms with Crippen LogP contribution in [-0.4, -0.2) is 30.3 Å². The lowest BCUT2D eigenvalue weighted by atomic mass is 10.2. The Kier molecular flexibility index (Phi) is 4.62. The molecule has 0 aromatic carbocycles. The minimum Gasteiger partial charge on any atom is -0.346 e. The fraction of sp³-hybridized carbons (Fsp3) is 0.333. The monoisotopic (exact) mass is 370 g/mol. The molecule has 1 amide bonds. The highest BCUT2D eigenvalue weighted by atomic mass is 19.3. The van der Waals surface area contributed by atoms with E-state index in [1.54, 1.807) is 24.9 Å². The molecule has 0 radical (unpaired) electrons. The molecule has 0 fully saturated rings. The number of carbonyl (C=O) groups excluding carboxylic acids is 1. The van der Waals surface area contributed by atoms with Gasteiger partial charge in [-0.25, -0.2) is 27.1 Å². The molecule has 1 N–H and O–H groups in total. The minimum atomic E-state index is -3.05. The van der Waals surface area contributed by atoms with Gasteiger partial charge in [0, 0.05) is 31.4 Å². The van der Waals surface area contributed by atoms with Crippen molar-refractivity contribution in [1.29, 1.82) is 0 Å². The molecule has 3 aromatic heterocycles. The Morgan fingerprint density at radius 2 is 1.92 bits per heavy atom. The maximum absolute atomic E-state index is 13.1. The Bertz CT molecular complexity index is 965. The highest BCUT2D eigenvalue weighted by Crippen LogP contribution is 2.25. The fourth-order valence-electron chi connectivity index (χ4n) is 2.48. The van der Waals surface area contributed by atoms with Crippen molar-refractivity contribution in [2.24, 2.45) is 7.05 Å². The second-order valence-corrected chi connectivity index (χ2v) is 5.60. The number of aromatic nitrogens is 5. The van der Waals surface area contributed by atoms with Crippen LogP contribution in [0.25, 0.3) is 5.65 Å². The van der Waals surface area contributed by atoms with Crippen LogP contribution in [-0.2, 0) is 13.6 Å². The molecule has 3 aromatic rings. The number of alkyl halides is 4. The second-order valence-electron chi connectivity index (χ2n) is 5.60. The summed E-state index contributed by atoms with van der Waals surface area (Å²) in [6.07, 6.45) is -4.34. The van der Waals surface area contributed by atoms with Gasteiger partial charge in [-0.15, -0.1) is 0 Å². The summed E-state index contributed by atoms with van der Waals surface area (Å²) < 4.78 is 54.2. The highest BCUT2D eigenvalue weighted by molar-refractivity contribution is 5.93. The van der Waals surface area contributed by atoms with Gasteiger partial charge in [0.2, 0.25) is 0 Å². The molecule has 26 heavy (non-hydrogen) atoms. The Balaban J connectivity index is 1.89. The molecule has 0 aliphatic rings. The molecule has 0 saturated heterocycles. The van der Waals surface area contributed by atoms with Gasteiger partial charge in [-0.1, -0.05) is 0 Å². The van der Waals surface area contributed by atoms with E-state index in [2.05, 4.69) is 20.5 Å². The van der Waals surface area contributed by atoms with E-state index in [1.165, 1.54) is 0 Å². The number of halogens is 4. The van der Waals surface area contributed by atoms with Gasteiger partial charge in [-0.2, -0.15) is 10.2 Å².